The summed E-state index contributed by atoms with van der Waals surface area (Å²) < 4.78 is 25.7. The number of aliphatic hydroxyl groups excluding tert-OH is 1. The molecule has 3 aliphatic heterocycles. The van der Waals surface area contributed by atoms with Crippen LogP contribution >= 0.6 is 0 Å². The first-order chi connectivity index (χ1) is 24.3. The largest absolute Gasteiger partial charge is 0.456 e. The molecule has 2 amide bonds. The summed E-state index contributed by atoms with van der Waals surface area (Å²) in [7, 11) is 0. The smallest absolute Gasteiger partial charge is 0.339 e. The zero-order valence-electron chi connectivity index (χ0n) is 29.9. The molecule has 3 heterocycles. The van der Waals surface area contributed by atoms with Crippen molar-refractivity contribution < 1.29 is 38.4 Å². The van der Waals surface area contributed by atoms with E-state index in [1.54, 1.807) is 11.0 Å². The third kappa shape index (κ3) is 8.69. The highest BCUT2D eigenvalue weighted by Crippen LogP contribution is 2.44. The summed E-state index contributed by atoms with van der Waals surface area (Å²) in [6, 6.07) is 6.87. The van der Waals surface area contributed by atoms with Crippen LogP contribution < -0.4 is 5.32 Å². The average molecular weight is 693 g/mol. The van der Waals surface area contributed by atoms with Crippen LogP contribution in [0.4, 0.5) is 0 Å². The lowest BCUT2D eigenvalue weighted by molar-refractivity contribution is -0.190. The Bertz CT molecular complexity index is 1400. The van der Waals surface area contributed by atoms with Gasteiger partial charge in [-0.25, -0.2) is 4.79 Å². The van der Waals surface area contributed by atoms with Crippen molar-refractivity contribution in [2.45, 2.75) is 146 Å². The molecule has 274 valence electrons. The van der Waals surface area contributed by atoms with E-state index >= 15 is 0 Å². The number of likely N-dealkylation sites (tertiary alicyclic amines) is 1. The van der Waals surface area contributed by atoms with Crippen LogP contribution in [-0.2, 0) is 28.5 Å². The normalized spacial score (nSPS) is 29.7. The van der Waals surface area contributed by atoms with Crippen molar-refractivity contribution in [2.75, 3.05) is 19.7 Å². The fourth-order valence-corrected chi connectivity index (χ4v) is 8.23. The van der Waals surface area contributed by atoms with Gasteiger partial charge in [-0.15, -0.1) is 0 Å². The maximum Gasteiger partial charge on any atom is 0.339 e. The number of aliphatic hydroxyl groups is 1. The van der Waals surface area contributed by atoms with E-state index < -0.39 is 36.1 Å². The van der Waals surface area contributed by atoms with Crippen molar-refractivity contribution in [3.63, 3.8) is 0 Å². The molecule has 0 aromatic heterocycles. The molecule has 1 aromatic carbocycles. The number of amides is 2. The number of hydrogen-bond acceptors (Lipinski definition) is 8. The van der Waals surface area contributed by atoms with Crippen LogP contribution in [0.3, 0.4) is 0 Å². The summed E-state index contributed by atoms with van der Waals surface area (Å²) in [4.78, 5) is 42.7. The Balaban J connectivity index is 1.24. The van der Waals surface area contributed by atoms with Gasteiger partial charge in [0.15, 0.2) is 5.79 Å². The number of fused-ring (bicyclic) bond motifs is 2. The fraction of sp³-hybridized carbons (Fsp3) is 0.675. The molecule has 6 rings (SSSR count). The van der Waals surface area contributed by atoms with Gasteiger partial charge in [-0.2, -0.15) is 0 Å². The second-order valence-electron chi connectivity index (χ2n) is 14.7. The summed E-state index contributed by atoms with van der Waals surface area (Å²) >= 11 is 0. The van der Waals surface area contributed by atoms with Crippen LogP contribution in [0.5, 0.6) is 0 Å². The number of carbonyl (C=O) groups is 3. The zero-order valence-corrected chi connectivity index (χ0v) is 29.9. The van der Waals surface area contributed by atoms with Gasteiger partial charge in [0.05, 0.1) is 24.4 Å². The summed E-state index contributed by atoms with van der Waals surface area (Å²) in [6.07, 6.45) is 17.2. The number of benzene rings is 1. The van der Waals surface area contributed by atoms with Crippen LogP contribution in [0.2, 0.25) is 0 Å². The van der Waals surface area contributed by atoms with E-state index in [4.69, 9.17) is 18.9 Å². The third-order valence-corrected chi connectivity index (χ3v) is 11.0. The van der Waals surface area contributed by atoms with Crippen LogP contribution in [0.25, 0.3) is 6.08 Å². The standard InChI is InChI=1S/C40H56N2O8/c1-3-5-9-19-40(20-10-6-4-2)49-35-26-29(38(45)42-22-11-14-31(42)37(44)41-21-23-43)25-34(36(35)50-40)48-39(46)30-13-8-7-12-28(30)17-15-27-16-18-32-33(24-27)47-32/h7-8,12-13,15,17,26-27,31-36,43H,3-6,9-11,14,16,18-25H2,1-2H3,(H,41,44). The van der Waals surface area contributed by atoms with Gasteiger partial charge in [0.1, 0.15) is 24.4 Å². The quantitative estimate of drug-likeness (QED) is 0.125. The molecule has 0 radical (unpaired) electrons. The first kappa shape index (κ1) is 36.7. The number of allylic oxidation sites excluding steroid dienone is 1. The van der Waals surface area contributed by atoms with Gasteiger partial charge in [-0.3, -0.25) is 9.59 Å². The molecule has 2 N–H and O–H groups in total. The molecule has 2 aliphatic carbocycles. The number of carbonyl (C=O) groups excluding carboxylic acids is 3. The predicted molar refractivity (Wildman–Crippen MR) is 189 cm³/mol. The summed E-state index contributed by atoms with van der Waals surface area (Å²) in [5.74, 6) is -1.38. The van der Waals surface area contributed by atoms with Crippen molar-refractivity contribution in [3.05, 3.63) is 53.1 Å². The molecular weight excluding hydrogens is 636 g/mol. The highest BCUT2D eigenvalue weighted by molar-refractivity contribution is 5.98. The summed E-state index contributed by atoms with van der Waals surface area (Å²) in [5.41, 5.74) is 1.73. The van der Waals surface area contributed by atoms with Crippen LogP contribution in [-0.4, -0.2) is 89.8 Å². The molecule has 10 nitrogen and oxygen atoms in total. The van der Waals surface area contributed by atoms with E-state index in [-0.39, 0.29) is 31.4 Å². The predicted octanol–water partition coefficient (Wildman–Crippen LogP) is 5.86. The summed E-state index contributed by atoms with van der Waals surface area (Å²) in [5, 5.41) is 11.9. The van der Waals surface area contributed by atoms with E-state index in [0.717, 1.165) is 76.2 Å². The Morgan fingerprint density at radius 3 is 2.54 bits per heavy atom. The lowest BCUT2D eigenvalue weighted by Crippen LogP contribution is -2.49. The Morgan fingerprint density at radius 1 is 1.02 bits per heavy atom. The second kappa shape index (κ2) is 17.0. The van der Waals surface area contributed by atoms with Gasteiger partial charge < -0.3 is 34.3 Å². The monoisotopic (exact) mass is 692 g/mol. The lowest BCUT2D eigenvalue weighted by Gasteiger charge is -2.33. The first-order valence-corrected chi connectivity index (χ1v) is 19.2. The fourth-order valence-electron chi connectivity index (χ4n) is 8.23. The molecule has 0 spiro atoms. The van der Waals surface area contributed by atoms with Gasteiger partial charge in [0, 0.05) is 37.9 Å². The molecule has 10 heteroatoms. The number of nitrogens with zero attached hydrogens (tertiary/aromatic N) is 1. The minimum Gasteiger partial charge on any atom is -0.456 e. The maximum atomic E-state index is 14.2. The van der Waals surface area contributed by atoms with Crippen molar-refractivity contribution in [1.29, 1.82) is 0 Å². The molecule has 1 saturated carbocycles. The van der Waals surface area contributed by atoms with Crippen LogP contribution in [0, 0.1) is 5.92 Å². The molecule has 50 heavy (non-hydrogen) atoms. The van der Waals surface area contributed by atoms with Crippen LogP contribution in [0.15, 0.2) is 42.0 Å². The highest BCUT2D eigenvalue weighted by Gasteiger charge is 2.53. The molecule has 5 aliphatic rings. The number of ether oxygens (including phenoxy) is 4. The minimum atomic E-state index is -0.815. The van der Waals surface area contributed by atoms with Crippen molar-refractivity contribution >= 4 is 23.9 Å². The van der Waals surface area contributed by atoms with E-state index in [9.17, 15) is 19.5 Å². The maximum absolute atomic E-state index is 14.2. The van der Waals surface area contributed by atoms with Gasteiger partial charge >= 0.3 is 5.97 Å². The molecule has 7 unspecified atom stereocenters. The topological polar surface area (TPSA) is 127 Å². The molecule has 1 aromatic rings. The number of hydrogen-bond donors (Lipinski definition) is 2. The van der Waals surface area contributed by atoms with E-state index in [1.807, 2.05) is 30.4 Å². The average Bonchev–Trinajstić information content (AvgIpc) is 3.55. The summed E-state index contributed by atoms with van der Waals surface area (Å²) in [6.45, 7) is 4.77. The van der Waals surface area contributed by atoms with Gasteiger partial charge in [0.25, 0.3) is 0 Å². The SMILES string of the molecule is CCCCCC1(CCCCC)OC2C=C(C(=O)N3CCCC3C(=O)NCCO)CC(OC(=O)c3ccccc3C=CC3CCC4OC4C3)C2O1. The number of epoxide rings is 1. The van der Waals surface area contributed by atoms with Gasteiger partial charge in [-0.05, 0) is 68.6 Å². The van der Waals surface area contributed by atoms with Gasteiger partial charge in [0.2, 0.25) is 11.8 Å². The van der Waals surface area contributed by atoms with Gasteiger partial charge in [-0.1, -0.05) is 69.9 Å². The number of esters is 1. The molecule has 3 saturated heterocycles. The van der Waals surface area contributed by atoms with Crippen LogP contribution in [0.1, 0.15) is 120 Å². The molecule has 0 bridgehead atoms. The molecule has 7 atom stereocenters. The van der Waals surface area contributed by atoms with Crippen molar-refractivity contribution in [1.82, 2.24) is 10.2 Å². The zero-order chi connectivity index (χ0) is 35.1. The second-order valence-corrected chi connectivity index (χ2v) is 14.7. The van der Waals surface area contributed by atoms with Crippen molar-refractivity contribution in [2.24, 2.45) is 5.92 Å². The Kier molecular flexibility index (Phi) is 12.5. The molecule has 4 fully saturated rings. The lowest BCUT2D eigenvalue weighted by atomic mass is 9.88. The number of nitrogens with one attached hydrogen (secondary N) is 1. The minimum absolute atomic E-state index is 0.137. The Labute approximate surface area is 296 Å². The third-order valence-electron chi connectivity index (χ3n) is 11.0. The highest BCUT2D eigenvalue weighted by atomic mass is 16.8. The number of rotatable bonds is 16. The first-order valence-electron chi connectivity index (χ1n) is 19.2. The molecular formula is C40H56N2O8. The van der Waals surface area contributed by atoms with E-state index in [1.165, 1.54) is 0 Å². The number of unbranched alkanes of at least 4 members (excludes halogenated alkanes) is 4. The Morgan fingerprint density at radius 2 is 1.80 bits per heavy atom. The van der Waals surface area contributed by atoms with E-state index in [0.29, 0.717) is 48.6 Å². The van der Waals surface area contributed by atoms with Crippen molar-refractivity contribution in [3.8, 4) is 0 Å². The van der Waals surface area contributed by atoms with E-state index in [2.05, 4.69) is 25.2 Å². The Hall–Kier alpha value is -3.05.